The summed E-state index contributed by atoms with van der Waals surface area (Å²) in [5.74, 6) is 0.725. The fourth-order valence-electron chi connectivity index (χ4n) is 2.01. The first-order chi connectivity index (χ1) is 9.99. The van der Waals surface area contributed by atoms with Gasteiger partial charge in [-0.1, -0.05) is 11.6 Å². The Morgan fingerprint density at radius 1 is 1.38 bits per heavy atom. The molecular formula is C13H19ClN4O2S. The lowest BCUT2D eigenvalue weighted by atomic mass is 10.2. The van der Waals surface area contributed by atoms with Crippen LogP contribution in [0.5, 0.6) is 0 Å². The summed E-state index contributed by atoms with van der Waals surface area (Å²) in [5, 5.41) is 6.69. The Morgan fingerprint density at radius 3 is 2.86 bits per heavy atom. The van der Waals surface area contributed by atoms with E-state index >= 15 is 0 Å². The number of benzene rings is 1. The van der Waals surface area contributed by atoms with Crippen molar-refractivity contribution in [2.24, 2.45) is 4.99 Å². The lowest BCUT2D eigenvalue weighted by molar-refractivity contribution is 0.579. The molecule has 1 aromatic carbocycles. The molecule has 1 aliphatic rings. The van der Waals surface area contributed by atoms with Crippen LogP contribution in [0.1, 0.15) is 12.0 Å². The normalized spacial score (nSPS) is 15.2. The van der Waals surface area contributed by atoms with Gasteiger partial charge in [0.2, 0.25) is 10.0 Å². The zero-order valence-corrected chi connectivity index (χ0v) is 13.4. The lowest BCUT2D eigenvalue weighted by Gasteiger charge is -2.16. The van der Waals surface area contributed by atoms with Crippen LogP contribution < -0.4 is 15.4 Å². The number of guanidine groups is 1. The van der Waals surface area contributed by atoms with Crippen LogP contribution in [0.4, 0.5) is 0 Å². The molecule has 0 atom stereocenters. The van der Waals surface area contributed by atoms with Crippen LogP contribution in [0.3, 0.4) is 0 Å². The third-order valence-electron chi connectivity index (χ3n) is 3.03. The average molecular weight is 331 g/mol. The summed E-state index contributed by atoms with van der Waals surface area (Å²) in [6.45, 7) is 4.16. The molecule has 0 amide bonds. The summed E-state index contributed by atoms with van der Waals surface area (Å²) in [6.07, 6.45) is 1.02. The number of rotatable bonds is 5. The largest absolute Gasteiger partial charge is 0.356 e. The molecule has 0 unspecified atom stereocenters. The van der Waals surface area contributed by atoms with Gasteiger partial charge in [-0.2, -0.15) is 0 Å². The molecule has 0 fully saturated rings. The molecule has 3 N–H and O–H groups in total. The van der Waals surface area contributed by atoms with Gasteiger partial charge in [-0.15, -0.1) is 0 Å². The van der Waals surface area contributed by atoms with Crippen LogP contribution in [0.15, 0.2) is 28.1 Å². The zero-order chi connectivity index (χ0) is 15.3. The first-order valence-electron chi connectivity index (χ1n) is 6.77. The summed E-state index contributed by atoms with van der Waals surface area (Å²) < 4.78 is 26.9. The summed E-state index contributed by atoms with van der Waals surface area (Å²) in [4.78, 5) is 4.50. The lowest BCUT2D eigenvalue weighted by Crippen LogP contribution is -2.43. The van der Waals surface area contributed by atoms with Gasteiger partial charge < -0.3 is 10.6 Å². The van der Waals surface area contributed by atoms with Crippen LogP contribution in [0.25, 0.3) is 0 Å². The maximum absolute atomic E-state index is 12.2. The second-order valence-electron chi connectivity index (χ2n) is 4.75. The van der Waals surface area contributed by atoms with E-state index in [4.69, 9.17) is 11.6 Å². The maximum Gasteiger partial charge on any atom is 0.240 e. The summed E-state index contributed by atoms with van der Waals surface area (Å²) >= 11 is 5.83. The fraction of sp³-hybridized carbons (Fsp3) is 0.462. The first kappa shape index (κ1) is 16.1. The van der Waals surface area contributed by atoms with Crippen molar-refractivity contribution in [3.8, 4) is 0 Å². The van der Waals surface area contributed by atoms with Gasteiger partial charge in [-0.3, -0.25) is 4.99 Å². The molecule has 0 aromatic heterocycles. The summed E-state index contributed by atoms with van der Waals surface area (Å²) in [7, 11) is -3.52. The quantitative estimate of drug-likeness (QED) is 0.699. The van der Waals surface area contributed by atoms with Gasteiger partial charge in [0.05, 0.1) is 4.90 Å². The molecule has 1 heterocycles. The van der Waals surface area contributed by atoms with Gasteiger partial charge in [0.25, 0.3) is 0 Å². The van der Waals surface area contributed by atoms with E-state index < -0.39 is 10.0 Å². The van der Waals surface area contributed by atoms with E-state index in [1.807, 2.05) is 0 Å². The average Bonchev–Trinajstić information content (AvgIpc) is 2.44. The van der Waals surface area contributed by atoms with E-state index in [9.17, 15) is 8.42 Å². The predicted octanol–water partition coefficient (Wildman–Crippen LogP) is 0.866. The monoisotopic (exact) mass is 330 g/mol. The van der Waals surface area contributed by atoms with Gasteiger partial charge in [0.15, 0.2) is 5.96 Å². The number of aryl methyl sites for hydroxylation is 1. The van der Waals surface area contributed by atoms with Crippen molar-refractivity contribution in [2.45, 2.75) is 18.2 Å². The molecule has 21 heavy (non-hydrogen) atoms. The minimum Gasteiger partial charge on any atom is -0.356 e. The van der Waals surface area contributed by atoms with Crippen LogP contribution in [0.2, 0.25) is 5.02 Å². The highest BCUT2D eigenvalue weighted by Gasteiger charge is 2.16. The van der Waals surface area contributed by atoms with Crippen molar-refractivity contribution in [1.29, 1.82) is 0 Å². The molecule has 0 spiro atoms. The van der Waals surface area contributed by atoms with Gasteiger partial charge in [-0.25, -0.2) is 13.1 Å². The Bertz CT molecular complexity index is 631. The fourth-order valence-corrected chi connectivity index (χ4v) is 3.49. The molecule has 8 heteroatoms. The summed E-state index contributed by atoms with van der Waals surface area (Å²) in [6, 6.07) is 4.72. The maximum atomic E-state index is 12.2. The number of aliphatic imine (C=N–C) groups is 1. The second-order valence-corrected chi connectivity index (χ2v) is 6.92. The Kier molecular flexibility index (Phi) is 5.44. The Balaban J connectivity index is 1.88. The van der Waals surface area contributed by atoms with E-state index in [1.54, 1.807) is 19.1 Å². The zero-order valence-electron chi connectivity index (χ0n) is 11.8. The number of nitrogens with zero attached hydrogens (tertiary/aromatic N) is 1. The molecule has 0 radical (unpaired) electrons. The molecule has 0 saturated heterocycles. The third kappa shape index (κ3) is 4.59. The number of hydrogen-bond acceptors (Lipinski definition) is 5. The standard InChI is InChI=1S/C13H19ClN4O2S/c1-10-9-11(14)3-4-12(10)21(19,20)18-8-7-17-13-15-5-2-6-16-13/h3-4,9,18H,2,5-8H2,1H3,(H2,15,16,17). The Labute approximate surface area is 130 Å². The molecule has 2 rings (SSSR count). The minimum absolute atomic E-state index is 0.250. The first-order valence-corrected chi connectivity index (χ1v) is 8.63. The summed E-state index contributed by atoms with van der Waals surface area (Å²) in [5.41, 5.74) is 0.626. The minimum atomic E-state index is -3.52. The van der Waals surface area contributed by atoms with E-state index in [-0.39, 0.29) is 11.4 Å². The topological polar surface area (TPSA) is 82.6 Å². The van der Waals surface area contributed by atoms with Crippen LogP contribution >= 0.6 is 11.6 Å². The highest BCUT2D eigenvalue weighted by atomic mass is 35.5. The van der Waals surface area contributed by atoms with Crippen molar-refractivity contribution in [3.05, 3.63) is 28.8 Å². The van der Waals surface area contributed by atoms with E-state index in [0.717, 1.165) is 25.5 Å². The van der Waals surface area contributed by atoms with Crippen LogP contribution in [-0.4, -0.2) is 40.6 Å². The third-order valence-corrected chi connectivity index (χ3v) is 4.89. The highest BCUT2D eigenvalue weighted by Crippen LogP contribution is 2.19. The number of sulfonamides is 1. The van der Waals surface area contributed by atoms with Gasteiger partial charge in [0, 0.05) is 31.2 Å². The molecule has 6 nitrogen and oxygen atoms in total. The van der Waals surface area contributed by atoms with Crippen molar-refractivity contribution < 1.29 is 8.42 Å². The smallest absolute Gasteiger partial charge is 0.240 e. The molecule has 1 aliphatic heterocycles. The molecule has 1 aromatic rings. The Hall–Kier alpha value is -1.31. The van der Waals surface area contributed by atoms with Crippen LogP contribution in [-0.2, 0) is 10.0 Å². The number of halogens is 1. The predicted molar refractivity (Wildman–Crippen MR) is 84.3 cm³/mol. The Morgan fingerprint density at radius 2 is 2.19 bits per heavy atom. The number of nitrogens with one attached hydrogen (secondary N) is 3. The van der Waals surface area contributed by atoms with E-state index in [0.29, 0.717) is 17.1 Å². The molecule has 116 valence electrons. The highest BCUT2D eigenvalue weighted by molar-refractivity contribution is 7.89. The van der Waals surface area contributed by atoms with Crippen molar-refractivity contribution in [3.63, 3.8) is 0 Å². The van der Waals surface area contributed by atoms with Crippen molar-refractivity contribution >= 4 is 27.6 Å². The van der Waals surface area contributed by atoms with Crippen molar-refractivity contribution in [2.75, 3.05) is 26.2 Å². The number of hydrogen-bond donors (Lipinski definition) is 3. The van der Waals surface area contributed by atoms with E-state index in [1.165, 1.54) is 6.07 Å². The van der Waals surface area contributed by atoms with Gasteiger partial charge in [-0.05, 0) is 37.1 Å². The van der Waals surface area contributed by atoms with E-state index in [2.05, 4.69) is 20.3 Å². The molecular weight excluding hydrogens is 312 g/mol. The van der Waals surface area contributed by atoms with Crippen molar-refractivity contribution in [1.82, 2.24) is 15.4 Å². The van der Waals surface area contributed by atoms with Crippen LogP contribution in [0, 0.1) is 6.92 Å². The molecule has 0 saturated carbocycles. The van der Waals surface area contributed by atoms with Gasteiger partial charge >= 0.3 is 0 Å². The molecule has 0 aliphatic carbocycles. The molecule has 0 bridgehead atoms. The van der Waals surface area contributed by atoms with Gasteiger partial charge in [0.1, 0.15) is 0 Å². The second kappa shape index (κ2) is 7.11. The SMILES string of the molecule is Cc1cc(Cl)ccc1S(=O)(=O)NCCNC1=NCCCN1.